The maximum atomic E-state index is 14.8. The Morgan fingerprint density at radius 3 is 2.09 bits per heavy atom. The van der Waals surface area contributed by atoms with Crippen LogP contribution in [-0.4, -0.2) is 84.3 Å². The molecular weight excluding hydrogens is 580 g/mol. The van der Waals surface area contributed by atoms with Crippen LogP contribution in [0.25, 0.3) is 0 Å². The third kappa shape index (κ3) is 5.14. The Hall–Kier alpha value is -3.95. The molecule has 9 nitrogen and oxygen atoms in total. The second kappa shape index (κ2) is 13.0. The summed E-state index contributed by atoms with van der Waals surface area (Å²) in [4.78, 5) is 51.6. The highest BCUT2D eigenvalue weighted by molar-refractivity contribution is 6.07. The highest BCUT2D eigenvalue weighted by atomic mass is 16.5. The van der Waals surface area contributed by atoms with E-state index in [1.54, 1.807) is 14.7 Å². The number of carbonyl (C=O) groups is 3. The van der Waals surface area contributed by atoms with E-state index in [0.29, 0.717) is 38.9 Å². The van der Waals surface area contributed by atoms with Gasteiger partial charge in [0.2, 0.25) is 11.8 Å². The number of likely N-dealkylation sites (tertiary alicyclic amines) is 1. The highest BCUT2D eigenvalue weighted by Crippen LogP contribution is 2.58. The Morgan fingerprint density at radius 2 is 1.43 bits per heavy atom. The van der Waals surface area contributed by atoms with E-state index in [0.717, 1.165) is 36.6 Å². The van der Waals surface area contributed by atoms with Crippen LogP contribution in [-0.2, 0) is 19.1 Å². The van der Waals surface area contributed by atoms with E-state index in [4.69, 9.17) is 4.74 Å². The fourth-order valence-electron chi connectivity index (χ4n) is 8.07. The van der Waals surface area contributed by atoms with Crippen LogP contribution < -0.4 is 14.7 Å². The summed E-state index contributed by atoms with van der Waals surface area (Å²) in [7, 11) is 0. The zero-order valence-electron chi connectivity index (χ0n) is 27.2. The number of aliphatic hydroxyl groups excluding tert-OH is 1. The quantitative estimate of drug-likeness (QED) is 0.291. The number of carbonyl (C=O) groups excluding carboxylic acids is 3. The third-order valence-corrected chi connectivity index (χ3v) is 10.4. The normalized spacial score (nSPS) is 28.7. The van der Waals surface area contributed by atoms with Gasteiger partial charge in [-0.05, 0) is 75.9 Å². The summed E-state index contributed by atoms with van der Waals surface area (Å²) in [6.45, 7) is 9.10. The van der Waals surface area contributed by atoms with Crippen molar-refractivity contribution in [3.8, 4) is 0 Å². The lowest BCUT2D eigenvalue weighted by Crippen LogP contribution is -2.56. The summed E-state index contributed by atoms with van der Waals surface area (Å²) >= 11 is 0. The van der Waals surface area contributed by atoms with Crippen molar-refractivity contribution in [1.29, 1.82) is 0 Å². The fraction of sp³-hybridized carbons (Fsp3) is 0.486. The second-order valence-electron chi connectivity index (χ2n) is 12.7. The molecule has 244 valence electrons. The van der Waals surface area contributed by atoms with Crippen molar-refractivity contribution in [3.63, 3.8) is 0 Å². The number of benzene rings is 2. The minimum atomic E-state index is -1.30. The molecule has 2 aromatic carbocycles. The van der Waals surface area contributed by atoms with E-state index in [1.165, 1.54) is 0 Å². The number of unbranched alkanes of at least 4 members (excludes halogenated alkanes) is 2. The molecule has 0 saturated carbocycles. The van der Waals surface area contributed by atoms with Crippen LogP contribution in [0.3, 0.4) is 0 Å². The topological polar surface area (TPSA) is 93.6 Å². The average molecular weight is 627 g/mol. The van der Waals surface area contributed by atoms with E-state index < -0.39 is 29.1 Å². The molecule has 4 aliphatic heterocycles. The Morgan fingerprint density at radius 1 is 0.783 bits per heavy atom. The minimum absolute atomic E-state index is 0.0727. The van der Waals surface area contributed by atoms with Crippen molar-refractivity contribution in [3.05, 3.63) is 78.9 Å². The van der Waals surface area contributed by atoms with E-state index >= 15 is 0 Å². The summed E-state index contributed by atoms with van der Waals surface area (Å²) < 4.78 is 7.12. The smallest absolute Gasteiger partial charge is 0.253 e. The molecule has 0 aliphatic carbocycles. The van der Waals surface area contributed by atoms with Crippen LogP contribution >= 0.6 is 0 Å². The van der Waals surface area contributed by atoms with Crippen molar-refractivity contribution in [2.45, 2.75) is 63.7 Å². The first kappa shape index (κ1) is 32.0. The molecule has 0 aromatic heterocycles. The molecule has 9 heteroatoms. The van der Waals surface area contributed by atoms with E-state index in [2.05, 4.69) is 18.7 Å². The Bertz CT molecular complexity index is 1490. The van der Waals surface area contributed by atoms with Gasteiger partial charge in [-0.3, -0.25) is 14.4 Å². The van der Waals surface area contributed by atoms with Gasteiger partial charge in [0.1, 0.15) is 11.6 Å². The molecule has 46 heavy (non-hydrogen) atoms. The first-order valence-electron chi connectivity index (χ1n) is 16.9. The van der Waals surface area contributed by atoms with Gasteiger partial charge in [0.25, 0.3) is 5.91 Å². The summed E-state index contributed by atoms with van der Waals surface area (Å²) in [5.41, 5.74) is 0.263. The first-order chi connectivity index (χ1) is 22.4. The zero-order chi connectivity index (χ0) is 32.5. The second-order valence-corrected chi connectivity index (χ2v) is 12.7. The Kier molecular flexibility index (Phi) is 9.08. The Labute approximate surface area is 272 Å². The van der Waals surface area contributed by atoms with Crippen molar-refractivity contribution < 1.29 is 24.2 Å². The van der Waals surface area contributed by atoms with Gasteiger partial charge in [-0.25, -0.2) is 0 Å². The summed E-state index contributed by atoms with van der Waals surface area (Å²) in [5.74, 6) is -2.25. The molecular formula is C37H46N4O5. The van der Waals surface area contributed by atoms with Crippen LogP contribution in [0.5, 0.6) is 0 Å². The largest absolute Gasteiger partial charge is 0.396 e. The van der Waals surface area contributed by atoms with Gasteiger partial charge in [0.15, 0.2) is 0 Å². The molecule has 5 atom stereocenters. The van der Waals surface area contributed by atoms with Crippen molar-refractivity contribution >= 4 is 34.8 Å². The molecule has 2 aromatic rings. The lowest BCUT2D eigenvalue weighted by atomic mass is 9.73. The van der Waals surface area contributed by atoms with Crippen molar-refractivity contribution in [2.24, 2.45) is 11.8 Å². The SMILES string of the molecule is CCN(CC)c1ccc(N2CC=C[C@]34O[C@@]5(CC)C=CCN(c6ccccc6)C(=O)[C@H]5[C@H]3C(=O)N(CCCCCO)C4C2=O)cc1. The minimum Gasteiger partial charge on any atom is -0.396 e. The number of para-hydroxylation sites is 1. The van der Waals surface area contributed by atoms with E-state index in [-0.39, 0.29) is 24.3 Å². The van der Waals surface area contributed by atoms with Crippen LogP contribution in [0.1, 0.15) is 46.5 Å². The van der Waals surface area contributed by atoms with E-state index in [1.807, 2.05) is 85.8 Å². The maximum Gasteiger partial charge on any atom is 0.253 e. The standard InChI is InChI=1S/C37H46N4O5/c1-4-36-21-13-24-39(28-15-9-7-10-16-28)33(43)30(36)31-34(44)41(23-11-8-12-26-42)32-35(45)40(25-14-22-37(31,32)46-36)29-19-17-27(18-20-29)38(5-2)6-3/h7,9-10,13-22,30-32,42H,4-6,8,11-12,23-26H2,1-3H3/t30-,31+,32?,36+,37+/m1/s1. The molecule has 6 rings (SSSR count). The summed E-state index contributed by atoms with van der Waals surface area (Å²) in [6.07, 6.45) is 10.2. The number of aliphatic hydroxyl groups is 1. The monoisotopic (exact) mass is 626 g/mol. The van der Waals surface area contributed by atoms with Gasteiger partial charge >= 0.3 is 0 Å². The average Bonchev–Trinajstić information content (AvgIpc) is 3.36. The lowest BCUT2D eigenvalue weighted by Gasteiger charge is -2.38. The zero-order valence-corrected chi connectivity index (χ0v) is 27.2. The summed E-state index contributed by atoms with van der Waals surface area (Å²) in [6, 6.07) is 16.6. The molecule has 2 saturated heterocycles. The molecule has 2 fully saturated rings. The van der Waals surface area contributed by atoms with Gasteiger partial charge in [-0.1, -0.05) is 49.4 Å². The first-order valence-corrected chi connectivity index (χ1v) is 16.9. The number of hydrogen-bond acceptors (Lipinski definition) is 6. The highest BCUT2D eigenvalue weighted by Gasteiger charge is 2.75. The number of amides is 3. The molecule has 4 aliphatic rings. The van der Waals surface area contributed by atoms with Crippen LogP contribution in [0, 0.1) is 11.8 Å². The molecule has 3 amide bonds. The predicted octanol–water partition coefficient (Wildman–Crippen LogP) is 4.56. The molecule has 1 unspecified atom stereocenters. The number of nitrogens with zero attached hydrogens (tertiary/aromatic N) is 4. The van der Waals surface area contributed by atoms with Crippen molar-refractivity contribution in [1.82, 2.24) is 4.90 Å². The number of hydrogen-bond donors (Lipinski definition) is 1. The van der Waals surface area contributed by atoms with Crippen molar-refractivity contribution in [2.75, 3.05) is 54.0 Å². The van der Waals surface area contributed by atoms with Gasteiger partial charge < -0.3 is 29.4 Å². The number of ether oxygens (including phenoxy) is 1. The van der Waals surface area contributed by atoms with Crippen LogP contribution in [0.4, 0.5) is 17.1 Å². The van der Waals surface area contributed by atoms with Crippen LogP contribution in [0.2, 0.25) is 0 Å². The molecule has 1 spiro atoms. The molecule has 4 heterocycles. The number of rotatable bonds is 11. The fourth-order valence-corrected chi connectivity index (χ4v) is 8.07. The van der Waals surface area contributed by atoms with Gasteiger partial charge in [-0.15, -0.1) is 0 Å². The maximum absolute atomic E-state index is 14.8. The van der Waals surface area contributed by atoms with Crippen LogP contribution in [0.15, 0.2) is 78.9 Å². The number of fused-ring (bicyclic) bond motifs is 2. The van der Waals surface area contributed by atoms with Gasteiger partial charge in [0, 0.05) is 56.4 Å². The molecule has 1 N–H and O–H groups in total. The lowest BCUT2D eigenvalue weighted by molar-refractivity contribution is -0.145. The third-order valence-electron chi connectivity index (χ3n) is 10.4. The Balaban J connectivity index is 1.42. The summed E-state index contributed by atoms with van der Waals surface area (Å²) in [5, 5.41) is 9.39. The van der Waals surface area contributed by atoms with E-state index in [9.17, 15) is 19.5 Å². The predicted molar refractivity (Wildman–Crippen MR) is 180 cm³/mol. The molecule has 0 bridgehead atoms. The molecule has 0 radical (unpaired) electrons. The number of anilines is 3. The van der Waals surface area contributed by atoms with Gasteiger partial charge in [-0.2, -0.15) is 0 Å². The van der Waals surface area contributed by atoms with Gasteiger partial charge in [0.05, 0.1) is 17.4 Å².